The summed E-state index contributed by atoms with van der Waals surface area (Å²) in [5.41, 5.74) is -0.341. The second kappa shape index (κ2) is 3.63. The van der Waals surface area contributed by atoms with E-state index in [4.69, 9.17) is 11.6 Å². The number of carbonyl (C=O) groups excluding carboxylic acids is 1. The number of hydrogen-bond donors (Lipinski definition) is 0. The first kappa shape index (κ1) is 9.13. The normalized spacial score (nSPS) is 10.3. The molecule has 0 aliphatic heterocycles. The minimum Gasteiger partial charge on any atom is -0.298 e. The van der Waals surface area contributed by atoms with Crippen molar-refractivity contribution in [1.82, 2.24) is 0 Å². The van der Waals surface area contributed by atoms with Crippen LogP contribution in [0.4, 0.5) is 8.78 Å². The van der Waals surface area contributed by atoms with Gasteiger partial charge in [0.15, 0.2) is 6.29 Å². The molecule has 0 N–H and O–H groups in total. The second-order valence-corrected chi connectivity index (χ2v) is 2.63. The molecule has 0 amide bonds. The number of benzene rings is 1. The molecule has 1 nitrogen and oxygen atoms in total. The van der Waals surface area contributed by atoms with Crippen molar-refractivity contribution < 1.29 is 13.6 Å². The van der Waals surface area contributed by atoms with Crippen LogP contribution in [0.5, 0.6) is 0 Å². The van der Waals surface area contributed by atoms with Gasteiger partial charge in [-0.1, -0.05) is 11.6 Å². The van der Waals surface area contributed by atoms with Gasteiger partial charge in [0.1, 0.15) is 0 Å². The molecule has 0 bridgehead atoms. The molecule has 0 heterocycles. The van der Waals surface area contributed by atoms with Crippen LogP contribution in [0, 0.1) is 0 Å². The minimum absolute atomic E-state index is 0.0191. The zero-order chi connectivity index (χ0) is 9.14. The molecular formula is C8H5ClF2O. The van der Waals surface area contributed by atoms with Crippen LogP contribution < -0.4 is 0 Å². The van der Waals surface area contributed by atoms with E-state index in [1.165, 1.54) is 12.1 Å². The Morgan fingerprint density at radius 3 is 2.58 bits per heavy atom. The van der Waals surface area contributed by atoms with Crippen molar-refractivity contribution in [2.24, 2.45) is 0 Å². The van der Waals surface area contributed by atoms with Gasteiger partial charge in [-0.25, -0.2) is 8.78 Å². The lowest BCUT2D eigenvalue weighted by Crippen LogP contribution is -1.92. The Bertz CT molecular complexity index is 299. The summed E-state index contributed by atoms with van der Waals surface area (Å²) in [4.78, 5) is 10.3. The largest absolute Gasteiger partial charge is 0.298 e. The Hall–Kier alpha value is -0.960. The Morgan fingerprint density at radius 1 is 1.42 bits per heavy atom. The zero-order valence-corrected chi connectivity index (χ0v) is 6.68. The van der Waals surface area contributed by atoms with Crippen molar-refractivity contribution in [3.8, 4) is 0 Å². The molecule has 0 fully saturated rings. The first-order valence-electron chi connectivity index (χ1n) is 3.18. The summed E-state index contributed by atoms with van der Waals surface area (Å²) < 4.78 is 24.4. The molecule has 0 unspecified atom stereocenters. The summed E-state index contributed by atoms with van der Waals surface area (Å²) in [6.45, 7) is 0. The fraction of sp³-hybridized carbons (Fsp3) is 0.125. The van der Waals surface area contributed by atoms with E-state index in [1.54, 1.807) is 0 Å². The third-order valence-corrected chi connectivity index (χ3v) is 1.65. The van der Waals surface area contributed by atoms with E-state index in [9.17, 15) is 13.6 Å². The molecule has 12 heavy (non-hydrogen) atoms. The van der Waals surface area contributed by atoms with E-state index in [1.807, 2.05) is 0 Å². The predicted molar refractivity (Wildman–Crippen MR) is 41.8 cm³/mol. The second-order valence-electron chi connectivity index (χ2n) is 2.19. The van der Waals surface area contributed by atoms with Gasteiger partial charge >= 0.3 is 0 Å². The fourth-order valence-electron chi connectivity index (χ4n) is 0.842. The first-order valence-corrected chi connectivity index (χ1v) is 3.55. The lowest BCUT2D eigenvalue weighted by molar-refractivity contribution is 0.110. The topological polar surface area (TPSA) is 17.1 Å². The van der Waals surface area contributed by atoms with Crippen LogP contribution in [0.3, 0.4) is 0 Å². The average Bonchev–Trinajstić information content (AvgIpc) is 2.04. The minimum atomic E-state index is -2.66. The van der Waals surface area contributed by atoms with E-state index < -0.39 is 6.43 Å². The monoisotopic (exact) mass is 190 g/mol. The molecule has 0 spiro atoms. The molecule has 64 valence electrons. The summed E-state index contributed by atoms with van der Waals surface area (Å²) in [5, 5.41) is 0.205. The lowest BCUT2D eigenvalue weighted by Gasteiger charge is -2.02. The van der Waals surface area contributed by atoms with Crippen molar-refractivity contribution in [1.29, 1.82) is 0 Å². The van der Waals surface area contributed by atoms with Gasteiger partial charge in [0.2, 0.25) is 0 Å². The van der Waals surface area contributed by atoms with Gasteiger partial charge in [0.25, 0.3) is 6.43 Å². The average molecular weight is 191 g/mol. The third-order valence-electron chi connectivity index (χ3n) is 1.41. The Labute approximate surface area is 73.0 Å². The maximum atomic E-state index is 12.2. The molecular weight excluding hydrogens is 186 g/mol. The highest BCUT2D eigenvalue weighted by atomic mass is 35.5. The van der Waals surface area contributed by atoms with Crippen molar-refractivity contribution in [2.45, 2.75) is 6.43 Å². The number of hydrogen-bond acceptors (Lipinski definition) is 1. The van der Waals surface area contributed by atoms with Crippen molar-refractivity contribution in [2.75, 3.05) is 0 Å². The summed E-state index contributed by atoms with van der Waals surface area (Å²) in [5.74, 6) is 0. The number of carbonyl (C=O) groups is 1. The van der Waals surface area contributed by atoms with Crippen LogP contribution in [-0.4, -0.2) is 6.29 Å². The van der Waals surface area contributed by atoms with Gasteiger partial charge in [0.05, 0.1) is 0 Å². The number of rotatable bonds is 2. The molecule has 0 atom stereocenters. The SMILES string of the molecule is O=Cc1ccc(Cl)cc1C(F)F. The molecule has 1 aromatic rings. The lowest BCUT2D eigenvalue weighted by atomic mass is 10.1. The molecule has 0 saturated heterocycles. The van der Waals surface area contributed by atoms with Crippen LogP contribution in [0.15, 0.2) is 18.2 Å². The summed E-state index contributed by atoms with van der Waals surface area (Å²) in [6.07, 6.45) is -2.28. The summed E-state index contributed by atoms with van der Waals surface area (Å²) in [6, 6.07) is 3.77. The first-order chi connectivity index (χ1) is 5.65. The number of alkyl halides is 2. The molecule has 0 aliphatic rings. The van der Waals surface area contributed by atoms with Crippen molar-refractivity contribution in [3.63, 3.8) is 0 Å². The van der Waals surface area contributed by atoms with Gasteiger partial charge in [-0.15, -0.1) is 0 Å². The quantitative estimate of drug-likeness (QED) is 0.655. The third kappa shape index (κ3) is 1.80. The number of halogens is 3. The molecule has 1 aromatic carbocycles. The van der Waals surface area contributed by atoms with Gasteiger partial charge in [-0.3, -0.25) is 4.79 Å². The van der Waals surface area contributed by atoms with Gasteiger partial charge in [0, 0.05) is 16.1 Å². The van der Waals surface area contributed by atoms with Crippen LogP contribution in [0.25, 0.3) is 0 Å². The highest BCUT2D eigenvalue weighted by Crippen LogP contribution is 2.24. The Balaban J connectivity index is 3.21. The standard InChI is InChI=1S/C8H5ClF2O/c9-6-2-1-5(4-12)7(3-6)8(10)11/h1-4,8H. The van der Waals surface area contributed by atoms with Crippen LogP contribution >= 0.6 is 11.6 Å². The highest BCUT2D eigenvalue weighted by molar-refractivity contribution is 6.30. The van der Waals surface area contributed by atoms with Crippen molar-refractivity contribution in [3.05, 3.63) is 34.3 Å². The highest BCUT2D eigenvalue weighted by Gasteiger charge is 2.12. The summed E-state index contributed by atoms with van der Waals surface area (Å²) >= 11 is 5.47. The molecule has 0 saturated carbocycles. The molecule has 0 aliphatic carbocycles. The molecule has 4 heteroatoms. The van der Waals surface area contributed by atoms with Crippen LogP contribution in [-0.2, 0) is 0 Å². The molecule has 0 aromatic heterocycles. The number of aldehydes is 1. The van der Waals surface area contributed by atoms with E-state index in [0.717, 1.165) is 6.07 Å². The Morgan fingerprint density at radius 2 is 2.08 bits per heavy atom. The van der Waals surface area contributed by atoms with E-state index in [-0.39, 0.29) is 16.1 Å². The van der Waals surface area contributed by atoms with E-state index in [2.05, 4.69) is 0 Å². The van der Waals surface area contributed by atoms with Crippen molar-refractivity contribution >= 4 is 17.9 Å². The smallest absolute Gasteiger partial charge is 0.264 e. The maximum absolute atomic E-state index is 12.2. The Kier molecular flexibility index (Phi) is 2.76. The molecule has 0 radical (unpaired) electrons. The zero-order valence-electron chi connectivity index (χ0n) is 5.93. The van der Waals surface area contributed by atoms with Crippen LogP contribution in [0.2, 0.25) is 5.02 Å². The van der Waals surface area contributed by atoms with Gasteiger partial charge in [-0.2, -0.15) is 0 Å². The predicted octanol–water partition coefficient (Wildman–Crippen LogP) is 3.09. The van der Waals surface area contributed by atoms with Crippen LogP contribution in [0.1, 0.15) is 22.3 Å². The van der Waals surface area contributed by atoms with E-state index >= 15 is 0 Å². The van der Waals surface area contributed by atoms with E-state index in [0.29, 0.717) is 6.29 Å². The fourth-order valence-corrected chi connectivity index (χ4v) is 1.02. The van der Waals surface area contributed by atoms with Gasteiger partial charge in [-0.05, 0) is 18.2 Å². The summed E-state index contributed by atoms with van der Waals surface area (Å²) in [7, 11) is 0. The maximum Gasteiger partial charge on any atom is 0.264 e. The van der Waals surface area contributed by atoms with Gasteiger partial charge < -0.3 is 0 Å². The molecule has 1 rings (SSSR count).